The average molecular weight is 392 g/mol. The molecule has 1 atom stereocenters. The van der Waals surface area contributed by atoms with Gasteiger partial charge in [0.15, 0.2) is 0 Å². The van der Waals surface area contributed by atoms with Crippen LogP contribution >= 0.6 is 0 Å². The predicted molar refractivity (Wildman–Crippen MR) is 96.7 cm³/mol. The van der Waals surface area contributed by atoms with Crippen molar-refractivity contribution < 1.29 is 27.9 Å². The van der Waals surface area contributed by atoms with Gasteiger partial charge in [-0.3, -0.25) is 4.98 Å². The van der Waals surface area contributed by atoms with Gasteiger partial charge in [-0.15, -0.1) is 5.06 Å². The third-order valence-corrected chi connectivity index (χ3v) is 4.69. The molecule has 0 N–H and O–H groups in total. The van der Waals surface area contributed by atoms with Crippen molar-refractivity contribution in [2.45, 2.75) is 24.6 Å². The molecule has 1 fully saturated rings. The zero-order valence-electron chi connectivity index (χ0n) is 15.7. The highest BCUT2D eigenvalue weighted by Crippen LogP contribution is 2.40. The molecule has 0 radical (unpaired) electrons. The molecule has 1 saturated heterocycles. The highest BCUT2D eigenvalue weighted by Gasteiger charge is 2.46. The van der Waals surface area contributed by atoms with E-state index in [1.54, 1.807) is 36.4 Å². The molecule has 1 unspecified atom stereocenters. The van der Waals surface area contributed by atoms with Crippen LogP contribution in [-0.4, -0.2) is 49.2 Å². The molecule has 1 aliphatic heterocycles. The quantitative estimate of drug-likeness (QED) is 0.701. The maximum Gasteiger partial charge on any atom is 0.357 e. The number of piperidine rings is 1. The molecule has 0 saturated carbocycles. The second-order valence-corrected chi connectivity index (χ2v) is 6.51. The van der Waals surface area contributed by atoms with E-state index in [2.05, 4.69) is 4.98 Å². The van der Waals surface area contributed by atoms with Crippen molar-refractivity contribution in [2.75, 3.05) is 27.3 Å². The Kier molecular flexibility index (Phi) is 6.33. The van der Waals surface area contributed by atoms with Crippen LogP contribution in [-0.2, 0) is 14.3 Å². The van der Waals surface area contributed by atoms with Gasteiger partial charge in [0.2, 0.25) is 6.29 Å². The summed E-state index contributed by atoms with van der Waals surface area (Å²) in [6, 6.07) is 11.5. The highest BCUT2D eigenvalue weighted by atomic mass is 19.3. The molecule has 0 bridgehead atoms. The molecule has 2 aromatic rings. The van der Waals surface area contributed by atoms with Gasteiger partial charge in [0, 0.05) is 39.9 Å². The van der Waals surface area contributed by atoms with E-state index >= 15 is 0 Å². The number of hydroxylamine groups is 2. The normalized spacial score (nSPS) is 19.5. The summed E-state index contributed by atoms with van der Waals surface area (Å²) in [6.45, 7) is -0.168. The Bertz CT molecular complexity index is 800. The SMILES string of the molecule is COC(OC)c1cc(C2CN(OC(=O)c3ccccc3)CCC2(F)F)ccn1. The van der Waals surface area contributed by atoms with Crippen LogP contribution in [0.2, 0.25) is 0 Å². The third kappa shape index (κ3) is 4.52. The van der Waals surface area contributed by atoms with Gasteiger partial charge in [0.05, 0.1) is 17.2 Å². The molecule has 150 valence electrons. The lowest BCUT2D eigenvalue weighted by molar-refractivity contribution is -0.175. The first-order chi connectivity index (χ1) is 13.4. The number of nitrogens with zero attached hydrogens (tertiary/aromatic N) is 2. The minimum atomic E-state index is -2.94. The molecule has 0 amide bonds. The first kappa shape index (κ1) is 20.3. The number of benzene rings is 1. The first-order valence-corrected chi connectivity index (χ1v) is 8.86. The fraction of sp³-hybridized carbons (Fsp3) is 0.400. The van der Waals surface area contributed by atoms with Gasteiger partial charge in [-0.05, 0) is 29.8 Å². The van der Waals surface area contributed by atoms with E-state index < -0.39 is 30.5 Å². The van der Waals surface area contributed by atoms with Crippen molar-refractivity contribution >= 4 is 5.97 Å². The molecule has 3 rings (SSSR count). The van der Waals surface area contributed by atoms with Crippen LogP contribution in [0.5, 0.6) is 0 Å². The zero-order valence-corrected chi connectivity index (χ0v) is 15.7. The molecule has 28 heavy (non-hydrogen) atoms. The van der Waals surface area contributed by atoms with E-state index in [1.807, 2.05) is 0 Å². The Hall–Kier alpha value is -2.42. The molecular weight excluding hydrogens is 370 g/mol. The number of methoxy groups -OCH3 is 2. The molecule has 1 aromatic heterocycles. The summed E-state index contributed by atoms with van der Waals surface area (Å²) in [6.07, 6.45) is 0.278. The lowest BCUT2D eigenvalue weighted by atomic mass is 9.88. The van der Waals surface area contributed by atoms with Crippen molar-refractivity contribution in [3.05, 3.63) is 65.5 Å². The van der Waals surface area contributed by atoms with E-state index in [9.17, 15) is 13.6 Å². The van der Waals surface area contributed by atoms with Crippen LogP contribution in [0, 0.1) is 0 Å². The summed E-state index contributed by atoms with van der Waals surface area (Å²) in [4.78, 5) is 21.7. The summed E-state index contributed by atoms with van der Waals surface area (Å²) in [7, 11) is 2.89. The number of carbonyl (C=O) groups is 1. The smallest absolute Gasteiger partial charge is 0.357 e. The minimum Gasteiger partial charge on any atom is -0.364 e. The van der Waals surface area contributed by atoms with Crippen molar-refractivity contribution in [3.63, 3.8) is 0 Å². The predicted octanol–water partition coefficient (Wildman–Crippen LogP) is 3.57. The number of ether oxygens (including phenoxy) is 2. The second-order valence-electron chi connectivity index (χ2n) is 6.51. The number of pyridine rings is 1. The van der Waals surface area contributed by atoms with E-state index in [4.69, 9.17) is 14.3 Å². The van der Waals surface area contributed by atoms with Crippen molar-refractivity contribution in [1.29, 1.82) is 0 Å². The Morgan fingerprint density at radius 2 is 1.93 bits per heavy atom. The summed E-state index contributed by atoms with van der Waals surface area (Å²) in [5.74, 6) is -4.66. The van der Waals surface area contributed by atoms with Gasteiger partial charge >= 0.3 is 5.97 Å². The van der Waals surface area contributed by atoms with Crippen LogP contribution in [0.3, 0.4) is 0 Å². The zero-order chi connectivity index (χ0) is 20.1. The van der Waals surface area contributed by atoms with Gasteiger partial charge < -0.3 is 14.3 Å². The van der Waals surface area contributed by atoms with Gasteiger partial charge in [-0.2, -0.15) is 0 Å². The van der Waals surface area contributed by atoms with Crippen LogP contribution < -0.4 is 0 Å². The summed E-state index contributed by atoms with van der Waals surface area (Å²) in [5.41, 5.74) is 1.15. The maximum absolute atomic E-state index is 14.6. The average Bonchev–Trinajstić information content (AvgIpc) is 2.71. The molecule has 1 aliphatic rings. The Labute approximate surface area is 162 Å². The molecule has 1 aromatic carbocycles. The lowest BCUT2D eigenvalue weighted by Crippen LogP contribution is -2.46. The fourth-order valence-corrected chi connectivity index (χ4v) is 3.20. The highest BCUT2D eigenvalue weighted by molar-refractivity contribution is 5.89. The monoisotopic (exact) mass is 392 g/mol. The van der Waals surface area contributed by atoms with Gasteiger partial charge in [-0.1, -0.05) is 18.2 Å². The fourth-order valence-electron chi connectivity index (χ4n) is 3.20. The molecule has 8 heteroatoms. The third-order valence-electron chi connectivity index (χ3n) is 4.69. The van der Waals surface area contributed by atoms with Crippen LogP contribution in [0.1, 0.15) is 40.2 Å². The lowest BCUT2D eigenvalue weighted by Gasteiger charge is -2.37. The summed E-state index contributed by atoms with van der Waals surface area (Å²) >= 11 is 0. The Morgan fingerprint density at radius 3 is 2.61 bits per heavy atom. The van der Waals surface area contributed by atoms with E-state index in [0.717, 1.165) is 0 Å². The van der Waals surface area contributed by atoms with E-state index in [1.165, 1.54) is 31.5 Å². The van der Waals surface area contributed by atoms with E-state index in [-0.39, 0.29) is 13.1 Å². The number of carbonyl (C=O) groups excluding carboxylic acids is 1. The largest absolute Gasteiger partial charge is 0.364 e. The van der Waals surface area contributed by atoms with Crippen LogP contribution in [0.15, 0.2) is 48.7 Å². The van der Waals surface area contributed by atoms with Crippen LogP contribution in [0.4, 0.5) is 8.78 Å². The van der Waals surface area contributed by atoms with Crippen molar-refractivity contribution in [1.82, 2.24) is 10.0 Å². The molecular formula is C20H22F2N2O4. The number of hydrogen-bond donors (Lipinski definition) is 0. The molecule has 2 heterocycles. The molecule has 0 spiro atoms. The second kappa shape index (κ2) is 8.72. The molecule has 6 nitrogen and oxygen atoms in total. The Morgan fingerprint density at radius 1 is 1.21 bits per heavy atom. The van der Waals surface area contributed by atoms with Crippen LogP contribution in [0.25, 0.3) is 0 Å². The number of alkyl halides is 2. The summed E-state index contributed by atoms with van der Waals surface area (Å²) < 4.78 is 39.6. The molecule has 0 aliphatic carbocycles. The topological polar surface area (TPSA) is 60.9 Å². The van der Waals surface area contributed by atoms with Crippen molar-refractivity contribution in [3.8, 4) is 0 Å². The van der Waals surface area contributed by atoms with Crippen molar-refractivity contribution in [2.24, 2.45) is 0 Å². The van der Waals surface area contributed by atoms with Gasteiger partial charge in [0.1, 0.15) is 0 Å². The number of aromatic nitrogens is 1. The van der Waals surface area contributed by atoms with Gasteiger partial charge in [0.25, 0.3) is 5.92 Å². The number of halogens is 2. The summed E-state index contributed by atoms with van der Waals surface area (Å²) in [5, 5.41) is 1.29. The van der Waals surface area contributed by atoms with E-state index in [0.29, 0.717) is 16.8 Å². The maximum atomic E-state index is 14.6. The first-order valence-electron chi connectivity index (χ1n) is 8.86. The van der Waals surface area contributed by atoms with Gasteiger partial charge in [-0.25, -0.2) is 13.6 Å². The Balaban J connectivity index is 1.78. The standard InChI is InChI=1S/C20H22F2N2O4/c1-26-19(27-2)17-12-15(8-10-23-17)16-13-24(11-9-20(16,21)22)28-18(25)14-6-4-3-5-7-14/h3-8,10,12,16,19H,9,11,13H2,1-2H3. The number of rotatable bonds is 6. The minimum absolute atomic E-state index is 0.0429. The number of hydrogen-bond acceptors (Lipinski definition) is 6.